The summed E-state index contributed by atoms with van der Waals surface area (Å²) >= 11 is 1.86. The van der Waals surface area contributed by atoms with Crippen LogP contribution >= 0.6 is 11.3 Å². The van der Waals surface area contributed by atoms with Crippen molar-refractivity contribution in [2.75, 3.05) is 0 Å². The molecule has 0 fully saturated rings. The van der Waals surface area contributed by atoms with Crippen LogP contribution in [0, 0.1) is 0 Å². The van der Waals surface area contributed by atoms with Gasteiger partial charge in [-0.2, -0.15) is 0 Å². The molecule has 0 N–H and O–H groups in total. The Morgan fingerprint density at radius 2 is 1.04 bits per heavy atom. The molecule has 0 aliphatic carbocycles. The molecule has 3 aromatic heterocycles. The number of nitrogens with zero attached hydrogens (tertiary/aromatic N) is 3. The Labute approximate surface area is 303 Å². The van der Waals surface area contributed by atoms with E-state index in [1.807, 2.05) is 11.3 Å². The molecule has 0 aliphatic rings. The molecule has 52 heavy (non-hydrogen) atoms. The molecule has 0 saturated heterocycles. The first-order chi connectivity index (χ1) is 25.8. The van der Waals surface area contributed by atoms with Crippen LogP contribution in [0.1, 0.15) is 0 Å². The summed E-state index contributed by atoms with van der Waals surface area (Å²) in [5.41, 5.74) is 10.5. The SMILES string of the molecule is c1ccc(-c2cc3nc(-c4ccccc4)c(-n4c5ccccc5c5cc6ccccc6cc54)nc3cc2-c2cccc3c2sc2ccccc23)cc1. The molecule has 4 heteroatoms. The van der Waals surface area contributed by atoms with Gasteiger partial charge in [0.1, 0.15) is 5.69 Å². The number of hydrogen-bond donors (Lipinski definition) is 0. The van der Waals surface area contributed by atoms with E-state index >= 15 is 0 Å². The van der Waals surface area contributed by atoms with E-state index in [-0.39, 0.29) is 0 Å². The van der Waals surface area contributed by atoms with Crippen LogP contribution < -0.4 is 0 Å². The van der Waals surface area contributed by atoms with Gasteiger partial charge in [-0.25, -0.2) is 9.97 Å². The van der Waals surface area contributed by atoms with Gasteiger partial charge in [0.2, 0.25) is 0 Å². The summed E-state index contributed by atoms with van der Waals surface area (Å²) in [6.07, 6.45) is 0. The van der Waals surface area contributed by atoms with Gasteiger partial charge in [0, 0.05) is 42.1 Å². The summed E-state index contributed by atoms with van der Waals surface area (Å²) in [6, 6.07) is 62.9. The van der Waals surface area contributed by atoms with E-state index < -0.39 is 0 Å². The van der Waals surface area contributed by atoms with Crippen molar-refractivity contribution in [3.8, 4) is 39.3 Å². The summed E-state index contributed by atoms with van der Waals surface area (Å²) in [5.74, 6) is 0.818. The largest absolute Gasteiger partial charge is 0.292 e. The van der Waals surface area contributed by atoms with E-state index in [1.165, 1.54) is 47.3 Å². The van der Waals surface area contributed by atoms with Crippen LogP contribution in [0.2, 0.25) is 0 Å². The second-order valence-corrected chi connectivity index (χ2v) is 14.4. The van der Waals surface area contributed by atoms with Crippen LogP contribution in [0.25, 0.3) is 103 Å². The highest BCUT2D eigenvalue weighted by atomic mass is 32.1. The molecule has 3 nitrogen and oxygen atoms in total. The molecule has 8 aromatic carbocycles. The van der Waals surface area contributed by atoms with Crippen molar-refractivity contribution < 1.29 is 0 Å². The molecular formula is C48H29N3S. The van der Waals surface area contributed by atoms with Crippen molar-refractivity contribution in [3.63, 3.8) is 0 Å². The number of aromatic nitrogens is 3. The standard InChI is InChI=1S/C48H29N3S/c1-3-14-30(15-4-1)38-28-41-42(29-39(38)37-23-13-22-36-35-21-10-12-25-45(35)52-47(36)37)50-48(46(49-41)31-16-5-2-6-17-31)51-43-24-11-9-20-34(43)40-26-32-18-7-8-19-33(32)27-44(40)51/h1-29H. The Bertz CT molecular complexity index is 3180. The zero-order valence-electron chi connectivity index (χ0n) is 28.0. The third-order valence-electron chi connectivity index (χ3n) is 10.4. The zero-order valence-corrected chi connectivity index (χ0v) is 28.8. The summed E-state index contributed by atoms with van der Waals surface area (Å²) in [6.45, 7) is 0. The van der Waals surface area contributed by atoms with Gasteiger partial charge in [0.15, 0.2) is 5.82 Å². The molecular weight excluding hydrogens is 651 g/mol. The number of fused-ring (bicyclic) bond motifs is 8. The van der Waals surface area contributed by atoms with Crippen molar-refractivity contribution in [3.05, 3.63) is 176 Å². The number of hydrogen-bond acceptors (Lipinski definition) is 3. The molecule has 0 bridgehead atoms. The second-order valence-electron chi connectivity index (χ2n) is 13.4. The third-order valence-corrected chi connectivity index (χ3v) is 11.6. The fraction of sp³-hybridized carbons (Fsp3) is 0. The van der Waals surface area contributed by atoms with Gasteiger partial charge in [-0.3, -0.25) is 4.57 Å². The monoisotopic (exact) mass is 679 g/mol. The van der Waals surface area contributed by atoms with Crippen LogP contribution in [0.3, 0.4) is 0 Å². The van der Waals surface area contributed by atoms with Crippen molar-refractivity contribution in [1.29, 1.82) is 0 Å². The van der Waals surface area contributed by atoms with E-state index in [0.717, 1.165) is 55.8 Å². The third kappa shape index (κ3) is 4.45. The predicted octanol–water partition coefficient (Wildman–Crippen LogP) is 13.2. The van der Waals surface area contributed by atoms with E-state index in [0.29, 0.717) is 0 Å². The van der Waals surface area contributed by atoms with E-state index in [9.17, 15) is 0 Å². The molecule has 0 amide bonds. The highest BCUT2D eigenvalue weighted by Gasteiger charge is 2.22. The lowest BCUT2D eigenvalue weighted by atomic mass is 9.93. The lowest BCUT2D eigenvalue weighted by Crippen LogP contribution is -2.04. The molecule has 0 atom stereocenters. The molecule has 0 saturated carbocycles. The first-order valence-electron chi connectivity index (χ1n) is 17.6. The Morgan fingerprint density at radius 3 is 1.87 bits per heavy atom. The van der Waals surface area contributed by atoms with Crippen molar-refractivity contribution in [2.24, 2.45) is 0 Å². The molecule has 0 radical (unpaired) electrons. The normalized spacial score (nSPS) is 11.8. The van der Waals surface area contributed by atoms with Gasteiger partial charge in [-0.05, 0) is 63.9 Å². The Balaban J connectivity index is 1.26. The van der Waals surface area contributed by atoms with Gasteiger partial charge in [0.25, 0.3) is 0 Å². The first-order valence-corrected chi connectivity index (χ1v) is 18.4. The van der Waals surface area contributed by atoms with Gasteiger partial charge in [-0.1, -0.05) is 140 Å². The van der Waals surface area contributed by atoms with Crippen molar-refractivity contribution >= 4 is 75.1 Å². The van der Waals surface area contributed by atoms with Crippen molar-refractivity contribution in [1.82, 2.24) is 14.5 Å². The number of para-hydroxylation sites is 1. The minimum Gasteiger partial charge on any atom is -0.292 e. The van der Waals surface area contributed by atoms with Crippen LogP contribution in [0.4, 0.5) is 0 Å². The fourth-order valence-corrected chi connectivity index (χ4v) is 9.19. The fourth-order valence-electron chi connectivity index (χ4n) is 7.96. The van der Waals surface area contributed by atoms with Crippen LogP contribution in [0.5, 0.6) is 0 Å². The summed E-state index contributed by atoms with van der Waals surface area (Å²) in [5, 5.41) is 7.38. The Kier molecular flexibility index (Phi) is 6.42. The maximum atomic E-state index is 5.62. The molecule has 0 aliphatic heterocycles. The highest BCUT2D eigenvalue weighted by Crippen LogP contribution is 2.44. The zero-order chi connectivity index (χ0) is 34.2. The summed E-state index contributed by atoms with van der Waals surface area (Å²) in [7, 11) is 0. The van der Waals surface area contributed by atoms with Gasteiger partial charge >= 0.3 is 0 Å². The lowest BCUT2D eigenvalue weighted by molar-refractivity contribution is 1.08. The van der Waals surface area contributed by atoms with Crippen molar-refractivity contribution in [2.45, 2.75) is 0 Å². The van der Waals surface area contributed by atoms with Gasteiger partial charge in [0.05, 0.1) is 22.1 Å². The molecule has 11 rings (SSSR count). The maximum absolute atomic E-state index is 5.62. The number of rotatable bonds is 4. The Hall–Kier alpha value is -6.62. The summed E-state index contributed by atoms with van der Waals surface area (Å²) in [4.78, 5) is 11.1. The van der Waals surface area contributed by atoms with Crippen LogP contribution in [-0.2, 0) is 0 Å². The van der Waals surface area contributed by atoms with Crippen LogP contribution in [0.15, 0.2) is 176 Å². The predicted molar refractivity (Wildman–Crippen MR) is 221 cm³/mol. The number of thiophene rings is 1. The molecule has 0 spiro atoms. The Morgan fingerprint density at radius 1 is 0.404 bits per heavy atom. The van der Waals surface area contributed by atoms with Gasteiger partial charge < -0.3 is 0 Å². The number of benzene rings is 8. The average Bonchev–Trinajstić information content (AvgIpc) is 3.75. The molecule has 11 aromatic rings. The molecule has 3 heterocycles. The summed E-state index contributed by atoms with van der Waals surface area (Å²) < 4.78 is 4.90. The average molecular weight is 680 g/mol. The topological polar surface area (TPSA) is 30.7 Å². The lowest BCUT2D eigenvalue weighted by Gasteiger charge is -2.17. The molecule has 0 unspecified atom stereocenters. The first kappa shape index (κ1) is 29.1. The maximum Gasteiger partial charge on any atom is 0.165 e. The van der Waals surface area contributed by atoms with E-state index in [1.54, 1.807) is 0 Å². The second kappa shape index (κ2) is 11.5. The minimum absolute atomic E-state index is 0.818. The minimum atomic E-state index is 0.818. The van der Waals surface area contributed by atoms with Gasteiger partial charge in [-0.15, -0.1) is 11.3 Å². The van der Waals surface area contributed by atoms with E-state index in [4.69, 9.17) is 9.97 Å². The van der Waals surface area contributed by atoms with Crippen LogP contribution in [-0.4, -0.2) is 14.5 Å². The molecule has 242 valence electrons. The smallest absolute Gasteiger partial charge is 0.165 e. The van der Waals surface area contributed by atoms with E-state index in [2.05, 4.69) is 180 Å². The highest BCUT2D eigenvalue weighted by molar-refractivity contribution is 7.26. The quantitative estimate of drug-likeness (QED) is 0.185.